The summed E-state index contributed by atoms with van der Waals surface area (Å²) in [7, 11) is 0. The summed E-state index contributed by atoms with van der Waals surface area (Å²) >= 11 is 8.29. The molecule has 9 heavy (non-hydrogen) atoms. The standard InChI is InChI=1S/C3HClF4S/c4-2(9)1(5)3(6,7)8/h1H. The van der Waals surface area contributed by atoms with Gasteiger partial charge in [-0.25, -0.2) is 4.39 Å². The number of alkyl halides is 4. The lowest BCUT2D eigenvalue weighted by molar-refractivity contribution is -0.159. The molecule has 1 unspecified atom stereocenters. The minimum absolute atomic E-state index is 1.21. The van der Waals surface area contributed by atoms with Crippen LogP contribution in [0.15, 0.2) is 0 Å². The molecule has 0 aliphatic rings. The van der Waals surface area contributed by atoms with Gasteiger partial charge in [-0.3, -0.25) is 0 Å². The monoisotopic (exact) mass is 180 g/mol. The van der Waals surface area contributed by atoms with Crippen LogP contribution in [0.4, 0.5) is 17.6 Å². The van der Waals surface area contributed by atoms with Gasteiger partial charge in [0.15, 0.2) is 0 Å². The Hall–Kier alpha value is 0.1000. The minimum atomic E-state index is -4.96. The normalized spacial score (nSPS) is 15.2. The number of halogens is 5. The zero-order valence-corrected chi connectivity index (χ0v) is 5.45. The molecule has 6 heteroatoms. The van der Waals surface area contributed by atoms with E-state index in [1.807, 2.05) is 0 Å². The summed E-state index contributed by atoms with van der Waals surface area (Å²) in [5.74, 6) is 0. The third-order valence-corrected chi connectivity index (χ3v) is 0.885. The van der Waals surface area contributed by atoms with Crippen LogP contribution >= 0.6 is 23.8 Å². The molecule has 0 saturated carbocycles. The van der Waals surface area contributed by atoms with E-state index in [9.17, 15) is 17.6 Å². The van der Waals surface area contributed by atoms with Crippen molar-refractivity contribution < 1.29 is 17.6 Å². The highest BCUT2D eigenvalue weighted by molar-refractivity contribution is 7.83. The SMILES string of the molecule is FC(C(=S)Cl)C(F)(F)F. The fourth-order valence-electron chi connectivity index (χ4n) is 0.129. The van der Waals surface area contributed by atoms with E-state index in [0.29, 0.717) is 0 Å². The van der Waals surface area contributed by atoms with Crippen LogP contribution in [0.5, 0.6) is 0 Å². The average Bonchev–Trinajstić information content (AvgIpc) is 1.62. The average molecular weight is 181 g/mol. The summed E-state index contributed by atoms with van der Waals surface area (Å²) in [5.41, 5.74) is 0. The highest BCUT2D eigenvalue weighted by Gasteiger charge is 2.42. The summed E-state index contributed by atoms with van der Waals surface area (Å²) < 4.78 is 43.9. The first-order valence-electron chi connectivity index (χ1n) is 1.76. The lowest BCUT2D eigenvalue weighted by atomic mass is 10.4. The van der Waals surface area contributed by atoms with Crippen molar-refractivity contribution in [3.63, 3.8) is 0 Å². The van der Waals surface area contributed by atoms with Gasteiger partial charge in [0.1, 0.15) is 4.32 Å². The van der Waals surface area contributed by atoms with Gasteiger partial charge in [-0.1, -0.05) is 23.8 Å². The highest BCUT2D eigenvalue weighted by Crippen LogP contribution is 2.24. The number of rotatable bonds is 1. The molecule has 0 aromatic carbocycles. The lowest BCUT2D eigenvalue weighted by Crippen LogP contribution is -2.28. The van der Waals surface area contributed by atoms with Gasteiger partial charge in [-0.15, -0.1) is 0 Å². The van der Waals surface area contributed by atoms with Crippen molar-refractivity contribution in [2.75, 3.05) is 0 Å². The van der Waals surface area contributed by atoms with Gasteiger partial charge in [-0.2, -0.15) is 13.2 Å². The molecule has 0 nitrogen and oxygen atoms in total. The highest BCUT2D eigenvalue weighted by atomic mass is 35.5. The largest absolute Gasteiger partial charge is 0.425 e. The van der Waals surface area contributed by atoms with Gasteiger partial charge < -0.3 is 0 Å². The maximum atomic E-state index is 11.6. The fraction of sp³-hybridized carbons (Fsp3) is 0.667. The molecule has 0 N–H and O–H groups in total. The molecule has 0 radical (unpaired) electrons. The van der Waals surface area contributed by atoms with Crippen molar-refractivity contribution in [2.24, 2.45) is 0 Å². The molecule has 0 spiro atoms. The number of thiocarbonyl (C=S) groups is 1. The second-order valence-corrected chi connectivity index (χ2v) is 2.28. The Morgan fingerprint density at radius 2 is 1.78 bits per heavy atom. The third kappa shape index (κ3) is 2.95. The van der Waals surface area contributed by atoms with Crippen LogP contribution in [0.3, 0.4) is 0 Å². The lowest BCUT2D eigenvalue weighted by Gasteiger charge is -2.07. The summed E-state index contributed by atoms with van der Waals surface area (Å²) in [5, 5.41) is 0. The molecule has 0 amide bonds. The second kappa shape index (κ2) is 2.79. The number of hydrogen-bond donors (Lipinski definition) is 0. The molecule has 0 aromatic rings. The summed E-state index contributed by atoms with van der Waals surface area (Å²) in [6.45, 7) is 0. The molecule has 54 valence electrons. The van der Waals surface area contributed by atoms with E-state index in [4.69, 9.17) is 0 Å². The van der Waals surface area contributed by atoms with Crippen LogP contribution in [0.2, 0.25) is 0 Å². The Bertz CT molecular complexity index is 119. The van der Waals surface area contributed by atoms with Crippen LogP contribution in [0.1, 0.15) is 0 Å². The van der Waals surface area contributed by atoms with E-state index < -0.39 is 16.7 Å². The van der Waals surface area contributed by atoms with Crippen molar-refractivity contribution >= 4 is 28.1 Å². The first-order valence-corrected chi connectivity index (χ1v) is 2.54. The van der Waals surface area contributed by atoms with E-state index in [1.165, 1.54) is 0 Å². The van der Waals surface area contributed by atoms with E-state index >= 15 is 0 Å². The van der Waals surface area contributed by atoms with E-state index in [0.717, 1.165) is 0 Å². The first kappa shape index (κ1) is 9.10. The quantitative estimate of drug-likeness (QED) is 0.339. The fourth-order valence-corrected chi connectivity index (χ4v) is 0.386. The van der Waals surface area contributed by atoms with Crippen LogP contribution < -0.4 is 0 Å². The molecule has 0 bridgehead atoms. The van der Waals surface area contributed by atoms with Crippen LogP contribution in [0, 0.1) is 0 Å². The van der Waals surface area contributed by atoms with Gasteiger partial charge >= 0.3 is 6.18 Å². The van der Waals surface area contributed by atoms with Gasteiger partial charge in [-0.05, 0) is 0 Å². The third-order valence-electron chi connectivity index (χ3n) is 0.487. The van der Waals surface area contributed by atoms with Crippen molar-refractivity contribution in [3.8, 4) is 0 Å². The Balaban J connectivity index is 4.04. The molecule has 0 fully saturated rings. The van der Waals surface area contributed by atoms with Crippen molar-refractivity contribution in [1.82, 2.24) is 0 Å². The molecular formula is C3HClF4S. The summed E-state index contributed by atoms with van der Waals surface area (Å²) in [6.07, 6.45) is -8.15. The zero-order valence-electron chi connectivity index (χ0n) is 3.88. The van der Waals surface area contributed by atoms with Gasteiger partial charge in [0.25, 0.3) is 0 Å². The maximum absolute atomic E-state index is 11.6. The Kier molecular flexibility index (Phi) is 2.82. The minimum Gasteiger partial charge on any atom is -0.230 e. The molecule has 0 saturated heterocycles. The summed E-state index contributed by atoms with van der Waals surface area (Å²) in [6, 6.07) is 0. The summed E-state index contributed by atoms with van der Waals surface area (Å²) in [4.78, 5) is 0. The van der Waals surface area contributed by atoms with Crippen LogP contribution in [-0.2, 0) is 0 Å². The Labute approximate surface area is 58.8 Å². The van der Waals surface area contributed by atoms with Crippen molar-refractivity contribution in [1.29, 1.82) is 0 Å². The smallest absolute Gasteiger partial charge is 0.230 e. The molecule has 1 atom stereocenters. The second-order valence-electron chi connectivity index (χ2n) is 1.21. The number of hydrogen-bond acceptors (Lipinski definition) is 1. The molecule has 0 heterocycles. The molecule has 0 rings (SSSR count). The first-order chi connectivity index (χ1) is 3.85. The van der Waals surface area contributed by atoms with Crippen LogP contribution in [0.25, 0.3) is 0 Å². The zero-order chi connectivity index (χ0) is 7.65. The Morgan fingerprint density at radius 1 is 1.44 bits per heavy atom. The molecule has 0 aliphatic heterocycles. The van der Waals surface area contributed by atoms with E-state index in [1.54, 1.807) is 0 Å². The molecule has 0 aromatic heterocycles. The van der Waals surface area contributed by atoms with Gasteiger partial charge in [0, 0.05) is 0 Å². The Morgan fingerprint density at radius 3 is 1.78 bits per heavy atom. The predicted octanol–water partition coefficient (Wildman–Crippen LogP) is 2.45. The molecular weight excluding hydrogens is 180 g/mol. The van der Waals surface area contributed by atoms with E-state index in [2.05, 4.69) is 23.8 Å². The maximum Gasteiger partial charge on any atom is 0.425 e. The molecule has 0 aliphatic carbocycles. The topological polar surface area (TPSA) is 0 Å². The van der Waals surface area contributed by atoms with E-state index in [-0.39, 0.29) is 0 Å². The van der Waals surface area contributed by atoms with Gasteiger partial charge in [0.2, 0.25) is 6.17 Å². The van der Waals surface area contributed by atoms with Crippen LogP contribution in [-0.4, -0.2) is 16.7 Å². The van der Waals surface area contributed by atoms with Crippen molar-refractivity contribution in [3.05, 3.63) is 0 Å². The van der Waals surface area contributed by atoms with Gasteiger partial charge in [0.05, 0.1) is 0 Å². The van der Waals surface area contributed by atoms with Crippen molar-refractivity contribution in [2.45, 2.75) is 12.3 Å². The predicted molar refractivity (Wildman–Crippen MR) is 29.4 cm³/mol.